The van der Waals surface area contributed by atoms with Crippen LogP contribution in [0.5, 0.6) is 0 Å². The molecule has 22 heavy (non-hydrogen) atoms. The highest BCUT2D eigenvalue weighted by atomic mass is 127. The van der Waals surface area contributed by atoms with E-state index < -0.39 is 0 Å². The summed E-state index contributed by atoms with van der Waals surface area (Å²) >= 11 is 0. The molecule has 1 aromatic heterocycles. The van der Waals surface area contributed by atoms with E-state index in [2.05, 4.69) is 33.5 Å². The highest BCUT2D eigenvalue weighted by Crippen LogP contribution is 2.24. The minimum atomic E-state index is 0. The highest BCUT2D eigenvalue weighted by molar-refractivity contribution is 14.0. The number of hydrogen-bond acceptors (Lipinski definition) is 3. The Bertz CT molecular complexity index is 416. The molecule has 1 aromatic rings. The van der Waals surface area contributed by atoms with Crippen LogP contribution in [0.2, 0.25) is 0 Å². The fraction of sp³-hybridized carbons (Fsp3) is 0.688. The lowest BCUT2D eigenvalue weighted by Gasteiger charge is -2.33. The molecule has 1 aliphatic heterocycles. The van der Waals surface area contributed by atoms with E-state index in [1.165, 1.54) is 19.3 Å². The number of rotatable bonds is 6. The van der Waals surface area contributed by atoms with Crippen molar-refractivity contribution in [2.45, 2.75) is 38.6 Å². The van der Waals surface area contributed by atoms with E-state index in [0.29, 0.717) is 0 Å². The van der Waals surface area contributed by atoms with Gasteiger partial charge in [-0.05, 0) is 44.5 Å². The van der Waals surface area contributed by atoms with Crippen molar-refractivity contribution in [3.8, 4) is 0 Å². The number of hydrogen-bond donors (Lipinski definition) is 2. The van der Waals surface area contributed by atoms with E-state index in [1.807, 2.05) is 13.1 Å². The van der Waals surface area contributed by atoms with Gasteiger partial charge in [-0.3, -0.25) is 9.89 Å². The quantitative estimate of drug-likeness (QED) is 0.422. The van der Waals surface area contributed by atoms with Gasteiger partial charge in [0.05, 0.1) is 12.3 Å². The lowest BCUT2D eigenvalue weighted by molar-refractivity contribution is 0.146. The SMILES string of the molecule is CCCNC(=NC)NCC(c1ccco1)N1CCCCC1.I. The van der Waals surface area contributed by atoms with Gasteiger partial charge in [0.15, 0.2) is 5.96 Å². The third kappa shape index (κ3) is 5.79. The molecular formula is C16H29IN4O. The van der Waals surface area contributed by atoms with Crippen LogP contribution in [0.25, 0.3) is 0 Å². The number of aliphatic imine (C=N–C) groups is 1. The van der Waals surface area contributed by atoms with Crippen molar-refractivity contribution in [3.05, 3.63) is 24.2 Å². The zero-order valence-electron chi connectivity index (χ0n) is 13.7. The number of halogens is 1. The van der Waals surface area contributed by atoms with E-state index in [0.717, 1.165) is 44.3 Å². The molecule has 2 heterocycles. The number of nitrogens with one attached hydrogen (secondary N) is 2. The average molecular weight is 420 g/mol. The second kappa shape index (κ2) is 10.9. The summed E-state index contributed by atoms with van der Waals surface area (Å²) in [5, 5.41) is 6.74. The smallest absolute Gasteiger partial charge is 0.191 e. The molecule has 0 saturated carbocycles. The van der Waals surface area contributed by atoms with Gasteiger partial charge in [0, 0.05) is 20.1 Å². The molecule has 126 valence electrons. The Morgan fingerprint density at radius 2 is 2.09 bits per heavy atom. The Balaban J connectivity index is 0.00000242. The maximum Gasteiger partial charge on any atom is 0.191 e. The zero-order valence-corrected chi connectivity index (χ0v) is 16.0. The summed E-state index contributed by atoms with van der Waals surface area (Å²) < 4.78 is 5.65. The monoisotopic (exact) mass is 420 g/mol. The van der Waals surface area contributed by atoms with E-state index in [9.17, 15) is 0 Å². The molecule has 1 aliphatic rings. The summed E-state index contributed by atoms with van der Waals surface area (Å²) in [7, 11) is 1.81. The summed E-state index contributed by atoms with van der Waals surface area (Å²) in [6.45, 7) is 6.20. The van der Waals surface area contributed by atoms with Crippen LogP contribution in [0, 0.1) is 0 Å². The molecule has 1 fully saturated rings. The molecule has 1 unspecified atom stereocenters. The van der Waals surface area contributed by atoms with E-state index >= 15 is 0 Å². The Morgan fingerprint density at radius 3 is 2.68 bits per heavy atom. The Kier molecular flexibility index (Phi) is 9.54. The normalized spacial score (nSPS) is 17.6. The van der Waals surface area contributed by atoms with Crippen LogP contribution in [0.15, 0.2) is 27.8 Å². The van der Waals surface area contributed by atoms with Crippen molar-refractivity contribution in [2.75, 3.05) is 33.2 Å². The molecule has 0 radical (unpaired) electrons. The van der Waals surface area contributed by atoms with E-state index in [1.54, 1.807) is 6.26 Å². The summed E-state index contributed by atoms with van der Waals surface area (Å²) in [4.78, 5) is 6.79. The van der Waals surface area contributed by atoms with Gasteiger partial charge >= 0.3 is 0 Å². The maximum absolute atomic E-state index is 5.65. The maximum atomic E-state index is 5.65. The fourth-order valence-electron chi connectivity index (χ4n) is 2.78. The predicted octanol–water partition coefficient (Wildman–Crippen LogP) is 3.00. The first kappa shape index (κ1) is 19.3. The van der Waals surface area contributed by atoms with Gasteiger partial charge in [-0.25, -0.2) is 0 Å². The average Bonchev–Trinajstić information content (AvgIpc) is 3.06. The van der Waals surface area contributed by atoms with Crippen LogP contribution < -0.4 is 10.6 Å². The number of furan rings is 1. The van der Waals surface area contributed by atoms with Crippen LogP contribution in [0.4, 0.5) is 0 Å². The molecule has 0 aromatic carbocycles. The summed E-state index contributed by atoms with van der Waals surface area (Å²) in [5.74, 6) is 1.90. The molecule has 0 amide bonds. The third-order valence-electron chi connectivity index (χ3n) is 3.93. The van der Waals surface area contributed by atoms with Crippen LogP contribution in [-0.2, 0) is 0 Å². The molecule has 2 N–H and O–H groups in total. The van der Waals surface area contributed by atoms with Gasteiger partial charge in [0.1, 0.15) is 5.76 Å². The van der Waals surface area contributed by atoms with Crippen molar-refractivity contribution in [3.63, 3.8) is 0 Å². The van der Waals surface area contributed by atoms with Gasteiger partial charge in [-0.15, -0.1) is 24.0 Å². The lowest BCUT2D eigenvalue weighted by atomic mass is 10.1. The molecule has 0 aliphatic carbocycles. The topological polar surface area (TPSA) is 52.8 Å². The van der Waals surface area contributed by atoms with Crippen LogP contribution in [-0.4, -0.2) is 44.1 Å². The second-order valence-electron chi connectivity index (χ2n) is 5.51. The molecule has 5 nitrogen and oxygen atoms in total. The van der Waals surface area contributed by atoms with Gasteiger partial charge in [0.2, 0.25) is 0 Å². The molecular weight excluding hydrogens is 391 g/mol. The van der Waals surface area contributed by atoms with Crippen LogP contribution >= 0.6 is 24.0 Å². The van der Waals surface area contributed by atoms with Gasteiger partial charge in [-0.2, -0.15) is 0 Å². The van der Waals surface area contributed by atoms with Crippen LogP contribution in [0.1, 0.15) is 44.4 Å². The minimum Gasteiger partial charge on any atom is -0.468 e. The fourth-order valence-corrected chi connectivity index (χ4v) is 2.78. The number of guanidine groups is 1. The van der Waals surface area contributed by atoms with Crippen molar-refractivity contribution in [1.82, 2.24) is 15.5 Å². The molecule has 0 bridgehead atoms. The highest BCUT2D eigenvalue weighted by Gasteiger charge is 2.24. The van der Waals surface area contributed by atoms with Crippen molar-refractivity contribution in [2.24, 2.45) is 4.99 Å². The number of piperidine rings is 1. The predicted molar refractivity (Wildman–Crippen MR) is 102 cm³/mol. The summed E-state index contributed by atoms with van der Waals surface area (Å²) in [5.41, 5.74) is 0. The first-order valence-corrected chi connectivity index (χ1v) is 8.07. The van der Waals surface area contributed by atoms with Crippen molar-refractivity contribution in [1.29, 1.82) is 0 Å². The molecule has 2 rings (SSSR count). The largest absolute Gasteiger partial charge is 0.468 e. The Hall–Kier alpha value is -0.760. The number of likely N-dealkylation sites (tertiary alicyclic amines) is 1. The zero-order chi connectivity index (χ0) is 14.9. The molecule has 1 saturated heterocycles. The Morgan fingerprint density at radius 1 is 1.32 bits per heavy atom. The van der Waals surface area contributed by atoms with Gasteiger partial charge < -0.3 is 15.1 Å². The van der Waals surface area contributed by atoms with Crippen molar-refractivity contribution < 1.29 is 4.42 Å². The van der Waals surface area contributed by atoms with Gasteiger partial charge in [0.25, 0.3) is 0 Å². The minimum absolute atomic E-state index is 0. The number of nitrogens with zero attached hydrogens (tertiary/aromatic N) is 2. The van der Waals surface area contributed by atoms with E-state index in [4.69, 9.17) is 4.42 Å². The molecule has 0 spiro atoms. The first-order chi connectivity index (χ1) is 10.3. The van der Waals surface area contributed by atoms with Crippen molar-refractivity contribution >= 4 is 29.9 Å². The lowest BCUT2D eigenvalue weighted by Crippen LogP contribution is -2.44. The molecule has 6 heteroatoms. The Labute approximate surface area is 150 Å². The first-order valence-electron chi connectivity index (χ1n) is 8.07. The van der Waals surface area contributed by atoms with Gasteiger partial charge in [-0.1, -0.05) is 13.3 Å². The third-order valence-corrected chi connectivity index (χ3v) is 3.93. The standard InChI is InChI=1S/C16H28N4O.HI/c1-3-9-18-16(17-2)19-13-14(15-8-7-12-21-15)20-10-5-4-6-11-20;/h7-8,12,14H,3-6,9-11,13H2,1-2H3,(H2,17,18,19);1H. The summed E-state index contributed by atoms with van der Waals surface area (Å²) in [6, 6.07) is 4.32. The second-order valence-corrected chi connectivity index (χ2v) is 5.51. The molecule has 1 atom stereocenters. The van der Waals surface area contributed by atoms with E-state index in [-0.39, 0.29) is 30.0 Å². The van der Waals surface area contributed by atoms with Crippen LogP contribution in [0.3, 0.4) is 0 Å². The summed E-state index contributed by atoms with van der Waals surface area (Å²) in [6.07, 6.45) is 6.75.